The summed E-state index contributed by atoms with van der Waals surface area (Å²) in [5.74, 6) is -0.0919. The minimum absolute atomic E-state index is 0.183. The van der Waals surface area contributed by atoms with E-state index < -0.39 is 10.0 Å². The Morgan fingerprint density at radius 2 is 1.72 bits per heavy atom. The lowest BCUT2D eigenvalue weighted by Gasteiger charge is -2.14. The van der Waals surface area contributed by atoms with Gasteiger partial charge in [-0.2, -0.15) is 5.10 Å². The highest BCUT2D eigenvalue weighted by atomic mass is 32.2. The molecule has 1 aliphatic heterocycles. The maximum absolute atomic E-state index is 12.9. The topological polar surface area (TPSA) is 84.3 Å². The number of nitrogens with zero attached hydrogens (tertiary/aromatic N) is 3. The highest BCUT2D eigenvalue weighted by Crippen LogP contribution is 2.23. The van der Waals surface area contributed by atoms with Gasteiger partial charge in [0.2, 0.25) is 10.0 Å². The number of nitrogens with one attached hydrogen (secondary N) is 1. The first-order valence-electron chi connectivity index (χ1n) is 9.51. The van der Waals surface area contributed by atoms with Gasteiger partial charge in [-0.3, -0.25) is 4.79 Å². The van der Waals surface area contributed by atoms with Crippen molar-refractivity contribution in [3.63, 3.8) is 0 Å². The van der Waals surface area contributed by atoms with Gasteiger partial charge >= 0.3 is 0 Å². The third kappa shape index (κ3) is 4.23. The predicted octanol–water partition coefficient (Wildman–Crippen LogP) is 2.30. The Balaban J connectivity index is 1.56. The second kappa shape index (κ2) is 8.18. The second-order valence-electron chi connectivity index (χ2n) is 6.86. The molecule has 0 spiro atoms. The fourth-order valence-corrected chi connectivity index (χ4v) is 4.92. The van der Waals surface area contributed by atoms with Crippen LogP contribution in [0.4, 0.5) is 0 Å². The molecule has 0 aliphatic carbocycles. The van der Waals surface area contributed by atoms with Crippen molar-refractivity contribution in [3.8, 4) is 16.9 Å². The Labute approximate surface area is 170 Å². The van der Waals surface area contributed by atoms with Crippen LogP contribution in [0.25, 0.3) is 16.9 Å². The van der Waals surface area contributed by atoms with Crippen molar-refractivity contribution in [1.82, 2.24) is 19.4 Å². The molecule has 1 aromatic heterocycles. The Hall–Kier alpha value is -2.97. The van der Waals surface area contributed by atoms with Crippen LogP contribution in [0.1, 0.15) is 16.8 Å². The first kappa shape index (κ1) is 19.4. The molecule has 7 nitrogen and oxygen atoms in total. The van der Waals surface area contributed by atoms with Crippen LogP contribution in [-0.2, 0) is 10.0 Å². The predicted molar refractivity (Wildman–Crippen MR) is 111 cm³/mol. The number of rotatable bonds is 6. The summed E-state index contributed by atoms with van der Waals surface area (Å²) in [4.78, 5) is 12.9. The molecule has 0 unspecified atom stereocenters. The summed E-state index contributed by atoms with van der Waals surface area (Å²) in [7, 11) is -3.17. The van der Waals surface area contributed by atoms with E-state index in [-0.39, 0.29) is 24.7 Å². The summed E-state index contributed by atoms with van der Waals surface area (Å²) in [6.45, 7) is 1.05. The standard InChI is InChI=1S/C21H22N4O3S/c26-21(22-12-14-24-13-7-15-29(24,27)28)19-16-25(18-10-5-2-6-11-18)23-20(19)17-8-3-1-4-9-17/h1-6,8-11,16H,7,12-15H2,(H,22,26). The average molecular weight is 410 g/mol. The lowest BCUT2D eigenvalue weighted by Crippen LogP contribution is -2.35. The molecule has 4 rings (SSSR count). The van der Waals surface area contributed by atoms with Crippen LogP contribution in [0.3, 0.4) is 0 Å². The number of amides is 1. The smallest absolute Gasteiger partial charge is 0.255 e. The van der Waals surface area contributed by atoms with E-state index in [0.29, 0.717) is 24.2 Å². The zero-order chi connectivity index (χ0) is 20.3. The molecule has 1 amide bonds. The molecule has 2 heterocycles. The van der Waals surface area contributed by atoms with Crippen molar-refractivity contribution in [2.75, 3.05) is 25.4 Å². The van der Waals surface area contributed by atoms with Crippen LogP contribution in [0.15, 0.2) is 66.9 Å². The van der Waals surface area contributed by atoms with Gasteiger partial charge < -0.3 is 5.32 Å². The number of aromatic nitrogens is 2. The zero-order valence-electron chi connectivity index (χ0n) is 15.9. The van der Waals surface area contributed by atoms with Gasteiger partial charge in [0.1, 0.15) is 5.69 Å². The van der Waals surface area contributed by atoms with E-state index in [1.165, 1.54) is 4.31 Å². The molecule has 0 saturated carbocycles. The average Bonchev–Trinajstić information content (AvgIpc) is 3.33. The number of para-hydroxylation sites is 1. The van der Waals surface area contributed by atoms with E-state index in [0.717, 1.165) is 11.3 Å². The fourth-order valence-electron chi connectivity index (χ4n) is 3.39. The minimum Gasteiger partial charge on any atom is -0.351 e. The van der Waals surface area contributed by atoms with Gasteiger partial charge in [-0.15, -0.1) is 0 Å². The Bertz CT molecular complexity index is 1100. The van der Waals surface area contributed by atoms with E-state index in [9.17, 15) is 13.2 Å². The van der Waals surface area contributed by atoms with Crippen molar-refractivity contribution in [1.29, 1.82) is 0 Å². The molecule has 8 heteroatoms. The van der Waals surface area contributed by atoms with Crippen LogP contribution in [0.5, 0.6) is 0 Å². The lowest BCUT2D eigenvalue weighted by atomic mass is 10.1. The number of carbonyl (C=O) groups excluding carboxylic acids is 1. The van der Waals surface area contributed by atoms with Crippen molar-refractivity contribution in [3.05, 3.63) is 72.4 Å². The summed E-state index contributed by atoms with van der Waals surface area (Å²) < 4.78 is 26.9. The molecule has 1 saturated heterocycles. The highest BCUT2D eigenvalue weighted by Gasteiger charge is 2.27. The molecule has 150 valence electrons. The maximum Gasteiger partial charge on any atom is 0.255 e. The number of carbonyl (C=O) groups is 1. The molecule has 2 aromatic carbocycles. The number of benzene rings is 2. The fraction of sp³-hybridized carbons (Fsp3) is 0.238. The summed E-state index contributed by atoms with van der Waals surface area (Å²) in [5.41, 5.74) is 2.73. The van der Waals surface area contributed by atoms with E-state index >= 15 is 0 Å². The molecular weight excluding hydrogens is 388 g/mol. The number of hydrogen-bond acceptors (Lipinski definition) is 4. The van der Waals surface area contributed by atoms with E-state index in [1.807, 2.05) is 60.7 Å². The van der Waals surface area contributed by atoms with Crippen LogP contribution in [0.2, 0.25) is 0 Å². The van der Waals surface area contributed by atoms with E-state index in [1.54, 1.807) is 10.9 Å². The van der Waals surface area contributed by atoms with Gasteiger partial charge in [0.05, 0.1) is 17.0 Å². The van der Waals surface area contributed by atoms with Crippen molar-refractivity contribution < 1.29 is 13.2 Å². The third-order valence-corrected chi connectivity index (χ3v) is 6.83. The Morgan fingerprint density at radius 1 is 1.03 bits per heavy atom. The van der Waals surface area contributed by atoms with Gasteiger partial charge in [0.25, 0.3) is 5.91 Å². The Kier molecular flexibility index (Phi) is 5.46. The van der Waals surface area contributed by atoms with Gasteiger partial charge in [0, 0.05) is 31.4 Å². The van der Waals surface area contributed by atoms with Crippen molar-refractivity contribution in [2.45, 2.75) is 6.42 Å². The second-order valence-corrected chi connectivity index (χ2v) is 8.95. The molecule has 29 heavy (non-hydrogen) atoms. The van der Waals surface area contributed by atoms with Gasteiger partial charge in [-0.05, 0) is 18.6 Å². The normalized spacial score (nSPS) is 16.0. The summed E-state index contributed by atoms with van der Waals surface area (Å²) in [6.07, 6.45) is 2.35. The van der Waals surface area contributed by atoms with Gasteiger partial charge in [-0.25, -0.2) is 17.4 Å². The van der Waals surface area contributed by atoms with Crippen LogP contribution in [0, 0.1) is 0 Å². The zero-order valence-corrected chi connectivity index (χ0v) is 16.7. The minimum atomic E-state index is -3.17. The molecular formula is C21H22N4O3S. The largest absolute Gasteiger partial charge is 0.351 e. The monoisotopic (exact) mass is 410 g/mol. The lowest BCUT2D eigenvalue weighted by molar-refractivity contribution is 0.0952. The van der Waals surface area contributed by atoms with E-state index in [4.69, 9.17) is 0 Å². The molecule has 1 aliphatic rings. The quantitative estimate of drug-likeness (QED) is 0.676. The molecule has 0 radical (unpaired) electrons. The Morgan fingerprint density at radius 3 is 2.38 bits per heavy atom. The maximum atomic E-state index is 12.9. The number of sulfonamides is 1. The molecule has 3 aromatic rings. The molecule has 0 atom stereocenters. The van der Waals surface area contributed by atoms with Crippen LogP contribution in [-0.4, -0.2) is 53.8 Å². The van der Waals surface area contributed by atoms with Gasteiger partial charge in [-0.1, -0.05) is 48.5 Å². The summed E-state index contributed by atoms with van der Waals surface area (Å²) in [6, 6.07) is 19.1. The van der Waals surface area contributed by atoms with Crippen LogP contribution < -0.4 is 5.32 Å². The van der Waals surface area contributed by atoms with Crippen molar-refractivity contribution in [2.24, 2.45) is 0 Å². The SMILES string of the molecule is O=C(NCCN1CCCS1(=O)=O)c1cn(-c2ccccc2)nc1-c1ccccc1. The molecule has 1 N–H and O–H groups in total. The number of hydrogen-bond donors (Lipinski definition) is 1. The van der Waals surface area contributed by atoms with E-state index in [2.05, 4.69) is 10.4 Å². The third-order valence-electron chi connectivity index (χ3n) is 4.88. The highest BCUT2D eigenvalue weighted by molar-refractivity contribution is 7.89. The first-order chi connectivity index (χ1) is 14.0. The molecule has 0 bridgehead atoms. The summed E-state index contributed by atoms with van der Waals surface area (Å²) in [5, 5.41) is 7.47. The van der Waals surface area contributed by atoms with Crippen molar-refractivity contribution >= 4 is 15.9 Å². The first-order valence-corrected chi connectivity index (χ1v) is 11.1. The molecule has 1 fully saturated rings. The van der Waals surface area contributed by atoms with Crippen LogP contribution >= 0.6 is 0 Å². The summed E-state index contributed by atoms with van der Waals surface area (Å²) >= 11 is 0. The van der Waals surface area contributed by atoms with Gasteiger partial charge in [0.15, 0.2) is 0 Å².